The lowest BCUT2D eigenvalue weighted by Gasteiger charge is -2.21. The fourth-order valence-electron chi connectivity index (χ4n) is 2.67. The molecule has 26 heavy (non-hydrogen) atoms. The van der Waals surface area contributed by atoms with Gasteiger partial charge in [-0.25, -0.2) is 0 Å². The number of rotatable bonds is 6. The number of aryl methyl sites for hydroxylation is 1. The predicted octanol–water partition coefficient (Wildman–Crippen LogP) is 4.28. The summed E-state index contributed by atoms with van der Waals surface area (Å²) >= 11 is 0. The Hall–Kier alpha value is -3.28. The zero-order valence-electron chi connectivity index (χ0n) is 15.1. The van der Waals surface area contributed by atoms with Gasteiger partial charge in [-0.2, -0.15) is 10.1 Å². The molecule has 1 aromatic heterocycles. The molecule has 0 spiro atoms. The van der Waals surface area contributed by atoms with Crippen molar-refractivity contribution in [2.24, 2.45) is 0 Å². The van der Waals surface area contributed by atoms with Crippen molar-refractivity contribution >= 4 is 28.9 Å². The molecule has 6 nitrogen and oxygen atoms in total. The van der Waals surface area contributed by atoms with E-state index in [1.807, 2.05) is 36.1 Å². The van der Waals surface area contributed by atoms with Crippen LogP contribution in [0.2, 0.25) is 0 Å². The summed E-state index contributed by atoms with van der Waals surface area (Å²) in [7, 11) is 0. The molecule has 1 heterocycles. The number of benzene rings is 2. The van der Waals surface area contributed by atoms with Crippen LogP contribution in [-0.2, 0) is 0 Å². The highest BCUT2D eigenvalue weighted by Gasteiger charge is 2.12. The normalized spacial score (nSPS) is 10.4. The molecule has 3 aromatic rings. The lowest BCUT2D eigenvalue weighted by Crippen LogP contribution is -2.19. The third-order valence-corrected chi connectivity index (χ3v) is 3.96. The molecule has 6 heteroatoms. The van der Waals surface area contributed by atoms with Crippen LogP contribution in [0.5, 0.6) is 0 Å². The number of nitrogens with one attached hydrogen (secondary N) is 1. The first kappa shape index (κ1) is 17.5. The van der Waals surface area contributed by atoms with Crippen molar-refractivity contribution in [2.75, 3.05) is 16.8 Å². The van der Waals surface area contributed by atoms with E-state index >= 15 is 0 Å². The second-order valence-corrected chi connectivity index (χ2v) is 5.99. The van der Waals surface area contributed by atoms with Crippen LogP contribution in [0.4, 0.5) is 23.1 Å². The SMILES string of the molecule is CCN(c1cccc(C)c1)c1nncc(Nc2cccc(C(C)=O)c2)n1. The summed E-state index contributed by atoms with van der Waals surface area (Å²) in [6.45, 7) is 6.36. The maximum absolute atomic E-state index is 11.5. The van der Waals surface area contributed by atoms with E-state index in [0.717, 1.165) is 11.4 Å². The Morgan fingerprint density at radius 2 is 1.96 bits per heavy atom. The van der Waals surface area contributed by atoms with E-state index in [0.29, 0.717) is 23.9 Å². The van der Waals surface area contributed by atoms with Gasteiger partial charge in [0.25, 0.3) is 5.95 Å². The molecule has 0 radical (unpaired) electrons. The average molecular weight is 347 g/mol. The van der Waals surface area contributed by atoms with E-state index < -0.39 is 0 Å². The maximum atomic E-state index is 11.5. The molecule has 3 rings (SSSR count). The number of carbonyl (C=O) groups excluding carboxylic acids is 1. The van der Waals surface area contributed by atoms with E-state index in [-0.39, 0.29) is 5.78 Å². The first-order valence-corrected chi connectivity index (χ1v) is 8.49. The number of hydrogen-bond donors (Lipinski definition) is 1. The lowest BCUT2D eigenvalue weighted by atomic mass is 10.1. The summed E-state index contributed by atoms with van der Waals surface area (Å²) in [5.74, 6) is 1.11. The third kappa shape index (κ3) is 4.03. The van der Waals surface area contributed by atoms with Crippen LogP contribution in [0.15, 0.2) is 54.7 Å². The van der Waals surface area contributed by atoms with Crippen LogP contribution < -0.4 is 10.2 Å². The van der Waals surface area contributed by atoms with Gasteiger partial charge in [0, 0.05) is 23.5 Å². The third-order valence-electron chi connectivity index (χ3n) is 3.96. The monoisotopic (exact) mass is 347 g/mol. The molecule has 0 aliphatic carbocycles. The number of ketones is 1. The standard InChI is InChI=1S/C20H21N5O/c1-4-25(18-10-5-7-14(2)11-18)20-23-19(13-21-24-20)22-17-9-6-8-16(12-17)15(3)26/h5-13H,4H2,1-3H3,(H,22,23,24). The largest absolute Gasteiger partial charge is 0.339 e. The van der Waals surface area contributed by atoms with Gasteiger partial charge >= 0.3 is 0 Å². The second kappa shape index (κ2) is 7.74. The van der Waals surface area contributed by atoms with E-state index in [1.165, 1.54) is 5.56 Å². The highest BCUT2D eigenvalue weighted by atomic mass is 16.1. The molecular weight excluding hydrogens is 326 g/mol. The van der Waals surface area contributed by atoms with Crippen LogP contribution in [0.3, 0.4) is 0 Å². The fourth-order valence-corrected chi connectivity index (χ4v) is 2.67. The molecule has 1 N–H and O–H groups in total. The Morgan fingerprint density at radius 3 is 2.69 bits per heavy atom. The number of hydrogen-bond acceptors (Lipinski definition) is 6. The number of carbonyl (C=O) groups is 1. The van der Waals surface area contributed by atoms with Crippen LogP contribution in [0, 0.1) is 6.92 Å². The van der Waals surface area contributed by atoms with Crippen LogP contribution in [0.25, 0.3) is 0 Å². The molecule has 0 saturated carbocycles. The number of nitrogens with zero attached hydrogens (tertiary/aromatic N) is 4. The van der Waals surface area contributed by atoms with Crippen LogP contribution >= 0.6 is 0 Å². The Labute approximate surface area is 152 Å². The van der Waals surface area contributed by atoms with Gasteiger partial charge in [0.05, 0.1) is 6.20 Å². The summed E-state index contributed by atoms with van der Waals surface area (Å²) in [5.41, 5.74) is 3.62. The van der Waals surface area contributed by atoms with Gasteiger partial charge in [-0.1, -0.05) is 24.3 Å². The van der Waals surface area contributed by atoms with E-state index in [1.54, 1.807) is 25.3 Å². The molecule has 0 bridgehead atoms. The average Bonchev–Trinajstić information content (AvgIpc) is 2.63. The highest BCUT2D eigenvalue weighted by Crippen LogP contribution is 2.24. The van der Waals surface area contributed by atoms with Crippen molar-refractivity contribution in [2.45, 2.75) is 20.8 Å². The highest BCUT2D eigenvalue weighted by molar-refractivity contribution is 5.95. The van der Waals surface area contributed by atoms with Gasteiger partial charge in [-0.15, -0.1) is 5.10 Å². The van der Waals surface area contributed by atoms with Gasteiger partial charge in [0.2, 0.25) is 0 Å². The molecule has 0 fully saturated rings. The Bertz CT molecular complexity index is 925. The molecule has 2 aromatic carbocycles. The molecule has 0 atom stereocenters. The topological polar surface area (TPSA) is 71.0 Å². The molecule has 0 amide bonds. The Morgan fingerprint density at radius 1 is 1.15 bits per heavy atom. The molecular formula is C20H21N5O. The van der Waals surface area contributed by atoms with Gasteiger partial charge in [0.15, 0.2) is 11.6 Å². The molecule has 0 saturated heterocycles. The summed E-state index contributed by atoms with van der Waals surface area (Å²) in [6.07, 6.45) is 1.56. The van der Waals surface area contributed by atoms with Crippen molar-refractivity contribution in [3.05, 3.63) is 65.9 Å². The smallest absolute Gasteiger partial charge is 0.251 e. The maximum Gasteiger partial charge on any atom is 0.251 e. The summed E-state index contributed by atoms with van der Waals surface area (Å²) in [6, 6.07) is 15.5. The first-order chi connectivity index (χ1) is 12.6. The quantitative estimate of drug-likeness (QED) is 0.671. The van der Waals surface area contributed by atoms with Crippen molar-refractivity contribution in [1.29, 1.82) is 0 Å². The Kier molecular flexibility index (Phi) is 5.22. The predicted molar refractivity (Wildman–Crippen MR) is 103 cm³/mol. The van der Waals surface area contributed by atoms with Crippen molar-refractivity contribution in [1.82, 2.24) is 15.2 Å². The van der Waals surface area contributed by atoms with Gasteiger partial charge < -0.3 is 10.2 Å². The van der Waals surface area contributed by atoms with Crippen LogP contribution in [-0.4, -0.2) is 27.5 Å². The zero-order chi connectivity index (χ0) is 18.5. The number of Topliss-reactive ketones (excluding diaryl/α,β-unsaturated/α-hetero) is 1. The van der Waals surface area contributed by atoms with Gasteiger partial charge in [-0.3, -0.25) is 4.79 Å². The second-order valence-electron chi connectivity index (χ2n) is 5.99. The van der Waals surface area contributed by atoms with Crippen molar-refractivity contribution in [3.8, 4) is 0 Å². The summed E-state index contributed by atoms with van der Waals surface area (Å²) < 4.78 is 0. The molecule has 132 valence electrons. The van der Waals surface area contributed by atoms with Crippen LogP contribution in [0.1, 0.15) is 29.8 Å². The fraction of sp³-hybridized carbons (Fsp3) is 0.200. The Balaban J connectivity index is 1.88. The lowest BCUT2D eigenvalue weighted by molar-refractivity contribution is 0.101. The summed E-state index contributed by atoms with van der Waals surface area (Å²) in [5, 5.41) is 11.4. The summed E-state index contributed by atoms with van der Waals surface area (Å²) in [4.78, 5) is 18.1. The minimum Gasteiger partial charge on any atom is -0.339 e. The molecule has 0 aliphatic heterocycles. The first-order valence-electron chi connectivity index (χ1n) is 8.49. The minimum atomic E-state index is 0.0201. The van der Waals surface area contributed by atoms with E-state index in [9.17, 15) is 4.79 Å². The minimum absolute atomic E-state index is 0.0201. The van der Waals surface area contributed by atoms with E-state index in [4.69, 9.17) is 0 Å². The number of anilines is 4. The van der Waals surface area contributed by atoms with Crippen molar-refractivity contribution in [3.63, 3.8) is 0 Å². The van der Waals surface area contributed by atoms with E-state index in [2.05, 4.69) is 39.6 Å². The number of aromatic nitrogens is 3. The zero-order valence-corrected chi connectivity index (χ0v) is 15.1. The molecule has 0 unspecified atom stereocenters. The molecule has 0 aliphatic rings. The van der Waals surface area contributed by atoms with Gasteiger partial charge in [0.1, 0.15) is 0 Å². The van der Waals surface area contributed by atoms with Crippen molar-refractivity contribution < 1.29 is 4.79 Å². The van der Waals surface area contributed by atoms with Gasteiger partial charge in [-0.05, 0) is 50.6 Å².